The zero-order chi connectivity index (χ0) is 17.1. The standard InChI is InChI=1S/C14H8Cl2N2O5/c15-10-6-11(16)12(5-9(10)14(20)21)17-13(19)7-2-1-3-8(4-7)18(22)23/h1-6H,(H,17,19)(H,20,21). The Labute approximate surface area is 139 Å². The summed E-state index contributed by atoms with van der Waals surface area (Å²) in [4.78, 5) is 33.3. The molecule has 0 unspecified atom stereocenters. The molecule has 23 heavy (non-hydrogen) atoms. The number of nitro groups is 1. The Bertz CT molecular complexity index is 823. The Morgan fingerprint density at radius 3 is 2.43 bits per heavy atom. The van der Waals surface area contributed by atoms with E-state index in [9.17, 15) is 19.7 Å². The van der Waals surface area contributed by atoms with Crippen LogP contribution in [-0.2, 0) is 0 Å². The molecule has 9 heteroatoms. The van der Waals surface area contributed by atoms with Crippen LogP contribution in [0.1, 0.15) is 20.7 Å². The Morgan fingerprint density at radius 1 is 1.13 bits per heavy atom. The lowest BCUT2D eigenvalue weighted by atomic mass is 10.1. The van der Waals surface area contributed by atoms with Crippen molar-refractivity contribution in [1.29, 1.82) is 0 Å². The summed E-state index contributed by atoms with van der Waals surface area (Å²) in [5, 5.41) is 22.1. The first-order chi connectivity index (χ1) is 10.8. The Hall–Kier alpha value is -2.64. The topological polar surface area (TPSA) is 110 Å². The van der Waals surface area contributed by atoms with Gasteiger partial charge in [-0.3, -0.25) is 14.9 Å². The van der Waals surface area contributed by atoms with Crippen molar-refractivity contribution < 1.29 is 19.6 Å². The summed E-state index contributed by atoms with van der Waals surface area (Å²) in [7, 11) is 0. The van der Waals surface area contributed by atoms with Crippen LogP contribution in [-0.4, -0.2) is 21.9 Å². The molecule has 0 aromatic heterocycles. The lowest BCUT2D eigenvalue weighted by molar-refractivity contribution is -0.384. The molecule has 0 fully saturated rings. The highest BCUT2D eigenvalue weighted by atomic mass is 35.5. The van der Waals surface area contributed by atoms with Gasteiger partial charge in [-0.1, -0.05) is 29.3 Å². The first-order valence-corrected chi connectivity index (χ1v) is 6.83. The van der Waals surface area contributed by atoms with Gasteiger partial charge in [0.15, 0.2) is 0 Å². The van der Waals surface area contributed by atoms with E-state index < -0.39 is 16.8 Å². The van der Waals surface area contributed by atoms with Gasteiger partial charge in [0.1, 0.15) is 0 Å². The minimum atomic E-state index is -1.28. The molecule has 7 nitrogen and oxygen atoms in total. The summed E-state index contributed by atoms with van der Waals surface area (Å²) in [6, 6.07) is 7.38. The number of carbonyl (C=O) groups excluding carboxylic acids is 1. The van der Waals surface area contributed by atoms with E-state index in [1.807, 2.05) is 0 Å². The number of nitro benzene ring substituents is 1. The molecular formula is C14H8Cl2N2O5. The van der Waals surface area contributed by atoms with E-state index in [1.165, 1.54) is 24.3 Å². The predicted molar refractivity (Wildman–Crippen MR) is 84.5 cm³/mol. The molecule has 0 spiro atoms. The van der Waals surface area contributed by atoms with Crippen LogP contribution in [0, 0.1) is 10.1 Å². The van der Waals surface area contributed by atoms with E-state index in [2.05, 4.69) is 5.32 Å². The van der Waals surface area contributed by atoms with Crippen molar-refractivity contribution in [2.45, 2.75) is 0 Å². The third-order valence-electron chi connectivity index (χ3n) is 2.85. The monoisotopic (exact) mass is 354 g/mol. The fraction of sp³-hybridized carbons (Fsp3) is 0. The number of non-ortho nitro benzene ring substituents is 1. The first-order valence-electron chi connectivity index (χ1n) is 6.07. The van der Waals surface area contributed by atoms with Gasteiger partial charge in [0.05, 0.1) is 26.2 Å². The fourth-order valence-electron chi connectivity index (χ4n) is 1.76. The second-order valence-electron chi connectivity index (χ2n) is 4.38. The van der Waals surface area contributed by atoms with Crippen LogP contribution in [0.3, 0.4) is 0 Å². The predicted octanol–water partition coefficient (Wildman–Crippen LogP) is 3.85. The molecule has 0 radical (unpaired) electrons. The van der Waals surface area contributed by atoms with Crippen molar-refractivity contribution in [1.82, 2.24) is 0 Å². The van der Waals surface area contributed by atoms with Gasteiger partial charge in [-0.05, 0) is 18.2 Å². The van der Waals surface area contributed by atoms with Crippen LogP contribution < -0.4 is 5.32 Å². The zero-order valence-corrected chi connectivity index (χ0v) is 12.8. The van der Waals surface area contributed by atoms with Crippen LogP contribution >= 0.6 is 23.2 Å². The summed E-state index contributed by atoms with van der Waals surface area (Å²) < 4.78 is 0. The van der Waals surface area contributed by atoms with E-state index in [0.717, 1.165) is 12.1 Å². The highest BCUT2D eigenvalue weighted by Gasteiger charge is 2.16. The molecule has 0 heterocycles. The van der Waals surface area contributed by atoms with Crippen molar-refractivity contribution in [2.75, 3.05) is 5.32 Å². The molecule has 0 aliphatic rings. The largest absolute Gasteiger partial charge is 0.478 e. The summed E-state index contributed by atoms with van der Waals surface area (Å²) >= 11 is 11.7. The van der Waals surface area contributed by atoms with Crippen LogP contribution in [0.2, 0.25) is 10.0 Å². The third kappa shape index (κ3) is 3.77. The highest BCUT2D eigenvalue weighted by molar-refractivity contribution is 6.38. The van der Waals surface area contributed by atoms with Crippen LogP contribution in [0.4, 0.5) is 11.4 Å². The van der Waals surface area contributed by atoms with Gasteiger partial charge in [0.2, 0.25) is 0 Å². The third-order valence-corrected chi connectivity index (χ3v) is 3.48. The Morgan fingerprint density at radius 2 is 1.83 bits per heavy atom. The second kappa shape index (κ2) is 6.64. The smallest absolute Gasteiger partial charge is 0.337 e. The Balaban J connectivity index is 2.33. The quantitative estimate of drug-likeness (QED) is 0.639. The number of nitrogens with zero attached hydrogens (tertiary/aromatic N) is 1. The van der Waals surface area contributed by atoms with Gasteiger partial charge in [0, 0.05) is 17.7 Å². The van der Waals surface area contributed by atoms with Gasteiger partial charge >= 0.3 is 5.97 Å². The van der Waals surface area contributed by atoms with E-state index in [4.69, 9.17) is 28.3 Å². The average molecular weight is 355 g/mol. The molecule has 0 bridgehead atoms. The van der Waals surface area contributed by atoms with E-state index >= 15 is 0 Å². The van der Waals surface area contributed by atoms with Crippen molar-refractivity contribution in [3.05, 3.63) is 67.7 Å². The minimum Gasteiger partial charge on any atom is -0.478 e. The maximum Gasteiger partial charge on any atom is 0.337 e. The summed E-state index contributed by atoms with van der Waals surface area (Å²) in [5.41, 5.74) is -0.413. The van der Waals surface area contributed by atoms with E-state index in [0.29, 0.717) is 0 Å². The lowest BCUT2D eigenvalue weighted by Crippen LogP contribution is -2.13. The molecule has 2 N–H and O–H groups in total. The number of rotatable bonds is 4. The Kier molecular flexibility index (Phi) is 4.83. The molecule has 0 saturated carbocycles. The van der Waals surface area contributed by atoms with Gasteiger partial charge < -0.3 is 10.4 Å². The van der Waals surface area contributed by atoms with Crippen LogP contribution in [0.25, 0.3) is 0 Å². The summed E-state index contributed by atoms with van der Waals surface area (Å²) in [6.07, 6.45) is 0. The molecular weight excluding hydrogens is 347 g/mol. The maximum atomic E-state index is 12.1. The number of carboxylic acid groups (broad SMARTS) is 1. The van der Waals surface area contributed by atoms with Crippen molar-refractivity contribution in [3.8, 4) is 0 Å². The molecule has 0 saturated heterocycles. The van der Waals surface area contributed by atoms with Crippen molar-refractivity contribution in [3.63, 3.8) is 0 Å². The molecule has 2 aromatic rings. The number of carbonyl (C=O) groups is 2. The molecule has 1 amide bonds. The zero-order valence-electron chi connectivity index (χ0n) is 11.2. The highest BCUT2D eigenvalue weighted by Crippen LogP contribution is 2.30. The normalized spacial score (nSPS) is 10.2. The molecule has 0 aliphatic carbocycles. The number of hydrogen-bond acceptors (Lipinski definition) is 4. The van der Waals surface area contributed by atoms with Crippen LogP contribution in [0.15, 0.2) is 36.4 Å². The number of carboxylic acids is 1. The van der Waals surface area contributed by atoms with Gasteiger partial charge in [-0.2, -0.15) is 0 Å². The van der Waals surface area contributed by atoms with Crippen LogP contribution in [0.5, 0.6) is 0 Å². The van der Waals surface area contributed by atoms with E-state index in [1.54, 1.807) is 0 Å². The molecule has 0 atom stereocenters. The van der Waals surface area contributed by atoms with Gasteiger partial charge in [0.25, 0.3) is 11.6 Å². The minimum absolute atomic E-state index is 0.0297. The van der Waals surface area contributed by atoms with Crippen molar-refractivity contribution in [2.24, 2.45) is 0 Å². The molecule has 2 rings (SSSR count). The summed E-state index contributed by atoms with van der Waals surface area (Å²) in [6.45, 7) is 0. The lowest BCUT2D eigenvalue weighted by Gasteiger charge is -2.09. The second-order valence-corrected chi connectivity index (χ2v) is 5.19. The van der Waals surface area contributed by atoms with Gasteiger partial charge in [-0.25, -0.2) is 4.79 Å². The number of hydrogen-bond donors (Lipinski definition) is 2. The average Bonchev–Trinajstić information content (AvgIpc) is 2.49. The van der Waals surface area contributed by atoms with Gasteiger partial charge in [-0.15, -0.1) is 0 Å². The molecule has 0 aliphatic heterocycles. The molecule has 118 valence electrons. The number of amides is 1. The number of halogens is 2. The number of benzene rings is 2. The number of anilines is 1. The van der Waals surface area contributed by atoms with E-state index in [-0.39, 0.29) is 32.5 Å². The van der Waals surface area contributed by atoms with Crippen molar-refractivity contribution >= 4 is 46.5 Å². The molecule has 2 aromatic carbocycles. The number of nitrogens with one attached hydrogen (secondary N) is 1. The maximum absolute atomic E-state index is 12.1. The SMILES string of the molecule is O=C(Nc1cc(C(=O)O)c(Cl)cc1Cl)c1cccc([N+](=O)[O-])c1. The summed E-state index contributed by atoms with van der Waals surface area (Å²) in [5.74, 6) is -1.95. The first kappa shape index (κ1) is 16.7. The number of aromatic carboxylic acids is 1. The fourth-order valence-corrected chi connectivity index (χ4v) is 2.28.